The van der Waals surface area contributed by atoms with Crippen molar-refractivity contribution in [3.63, 3.8) is 0 Å². The summed E-state index contributed by atoms with van der Waals surface area (Å²) in [5.41, 5.74) is 1.27. The number of piperidine rings is 1. The topological polar surface area (TPSA) is 37.6 Å². The molecule has 4 heteroatoms. The van der Waals surface area contributed by atoms with E-state index < -0.39 is 0 Å². The predicted octanol–water partition coefficient (Wildman–Crippen LogP) is 2.84. The van der Waals surface area contributed by atoms with E-state index in [2.05, 4.69) is 16.3 Å². The molecule has 1 aliphatic heterocycles. The quantitative estimate of drug-likeness (QED) is 0.748. The van der Waals surface area contributed by atoms with Gasteiger partial charge in [-0.2, -0.15) is 0 Å². The van der Waals surface area contributed by atoms with Crippen LogP contribution in [0.4, 0.5) is 0 Å². The van der Waals surface area contributed by atoms with E-state index in [0.29, 0.717) is 6.61 Å². The summed E-state index contributed by atoms with van der Waals surface area (Å²) >= 11 is 0. The Balaban J connectivity index is 1.35. The number of rotatable bonds is 8. The second kappa shape index (κ2) is 7.43. The molecule has 0 bridgehead atoms. The molecule has 0 aromatic carbocycles. The lowest BCUT2D eigenvalue weighted by molar-refractivity contribution is 0.0761. The van der Waals surface area contributed by atoms with Gasteiger partial charge in [-0.25, -0.2) is 0 Å². The van der Waals surface area contributed by atoms with Gasteiger partial charge in [0, 0.05) is 24.7 Å². The lowest BCUT2D eigenvalue weighted by Gasteiger charge is -2.25. The molecule has 4 nitrogen and oxygen atoms in total. The summed E-state index contributed by atoms with van der Waals surface area (Å²) in [6.45, 7) is 7.89. The van der Waals surface area contributed by atoms with Crippen LogP contribution in [-0.2, 0) is 17.9 Å². The number of likely N-dealkylation sites (tertiary alicyclic amines) is 1. The van der Waals surface area contributed by atoms with E-state index in [1.54, 1.807) is 0 Å². The largest absolute Gasteiger partial charge is 0.464 e. The highest BCUT2D eigenvalue weighted by atomic mass is 16.5. The van der Waals surface area contributed by atoms with Crippen molar-refractivity contribution in [1.29, 1.82) is 0 Å². The van der Waals surface area contributed by atoms with Crippen molar-refractivity contribution >= 4 is 0 Å². The van der Waals surface area contributed by atoms with Crippen molar-refractivity contribution < 1.29 is 9.15 Å². The van der Waals surface area contributed by atoms with Crippen molar-refractivity contribution in [3.05, 3.63) is 23.2 Å². The van der Waals surface area contributed by atoms with Crippen LogP contribution < -0.4 is 5.32 Å². The fourth-order valence-corrected chi connectivity index (χ4v) is 2.93. The van der Waals surface area contributed by atoms with Crippen molar-refractivity contribution in [2.75, 3.05) is 26.2 Å². The number of ether oxygens (including phenoxy) is 1. The van der Waals surface area contributed by atoms with E-state index in [4.69, 9.17) is 9.15 Å². The Morgan fingerprint density at radius 2 is 2.10 bits per heavy atom. The zero-order valence-corrected chi connectivity index (χ0v) is 13.2. The lowest BCUT2D eigenvalue weighted by Crippen LogP contribution is -2.32. The molecule has 2 heterocycles. The number of nitrogens with zero attached hydrogens (tertiary/aromatic N) is 1. The Kier molecular flexibility index (Phi) is 5.33. The first-order chi connectivity index (χ1) is 10.3. The molecule has 0 unspecified atom stereocenters. The molecule has 1 saturated heterocycles. The zero-order valence-electron chi connectivity index (χ0n) is 13.2. The van der Waals surface area contributed by atoms with Gasteiger partial charge in [0.25, 0.3) is 0 Å². The minimum atomic E-state index is 0.595. The van der Waals surface area contributed by atoms with Gasteiger partial charge in [0.05, 0.1) is 6.61 Å². The van der Waals surface area contributed by atoms with E-state index in [1.807, 2.05) is 6.92 Å². The second-order valence-electron chi connectivity index (χ2n) is 6.40. The van der Waals surface area contributed by atoms with E-state index in [-0.39, 0.29) is 0 Å². The van der Waals surface area contributed by atoms with Gasteiger partial charge in [-0.05, 0) is 51.8 Å². The normalized spacial score (nSPS) is 20.0. The first kappa shape index (κ1) is 15.1. The number of furan rings is 1. The van der Waals surface area contributed by atoms with Crippen LogP contribution in [0.3, 0.4) is 0 Å². The first-order valence-electron chi connectivity index (χ1n) is 8.43. The third kappa shape index (κ3) is 4.83. The third-order valence-corrected chi connectivity index (χ3v) is 4.48. The van der Waals surface area contributed by atoms with Gasteiger partial charge in [-0.1, -0.05) is 6.42 Å². The maximum atomic E-state index is 5.78. The maximum Gasteiger partial charge on any atom is 0.130 e. The summed E-state index contributed by atoms with van der Waals surface area (Å²) in [6.07, 6.45) is 6.72. The van der Waals surface area contributed by atoms with Gasteiger partial charge in [-0.3, -0.25) is 0 Å². The zero-order chi connectivity index (χ0) is 14.5. The molecule has 1 aromatic rings. The highest BCUT2D eigenvalue weighted by molar-refractivity contribution is 5.20. The predicted molar refractivity (Wildman–Crippen MR) is 83.3 cm³/mol. The number of aryl methyl sites for hydroxylation is 1. The molecular formula is C17H28N2O2. The summed E-state index contributed by atoms with van der Waals surface area (Å²) < 4.78 is 11.6. The Morgan fingerprint density at radius 1 is 1.29 bits per heavy atom. The summed E-state index contributed by atoms with van der Waals surface area (Å²) in [5.74, 6) is 1.98. The fourth-order valence-electron chi connectivity index (χ4n) is 2.93. The Labute approximate surface area is 127 Å². The molecule has 0 radical (unpaired) electrons. The van der Waals surface area contributed by atoms with Crippen LogP contribution in [0, 0.1) is 6.92 Å². The van der Waals surface area contributed by atoms with Crippen molar-refractivity contribution in [1.82, 2.24) is 10.2 Å². The van der Waals surface area contributed by atoms with Crippen LogP contribution in [0.5, 0.6) is 0 Å². The van der Waals surface area contributed by atoms with Gasteiger partial charge in [0.2, 0.25) is 0 Å². The highest BCUT2D eigenvalue weighted by Crippen LogP contribution is 2.21. The SMILES string of the molecule is Cc1oc(COCCN2CCCCC2)cc1CNC1CC1. The standard InChI is InChI=1S/C17H28N2O2/c1-14-15(12-18-16-5-6-16)11-17(21-14)13-20-10-9-19-7-3-2-4-8-19/h11,16,18H,2-10,12-13H2,1H3. The minimum Gasteiger partial charge on any atom is -0.464 e. The molecule has 1 aliphatic carbocycles. The molecule has 2 fully saturated rings. The van der Waals surface area contributed by atoms with Gasteiger partial charge >= 0.3 is 0 Å². The smallest absolute Gasteiger partial charge is 0.130 e. The molecule has 118 valence electrons. The van der Waals surface area contributed by atoms with Crippen LogP contribution in [0.2, 0.25) is 0 Å². The van der Waals surface area contributed by atoms with Crippen LogP contribution in [0.25, 0.3) is 0 Å². The molecule has 1 N–H and O–H groups in total. The highest BCUT2D eigenvalue weighted by Gasteiger charge is 2.21. The molecule has 0 spiro atoms. The van der Waals surface area contributed by atoms with Crippen molar-refractivity contribution in [3.8, 4) is 0 Å². The van der Waals surface area contributed by atoms with Crippen LogP contribution in [0.1, 0.15) is 49.2 Å². The summed E-state index contributed by atoms with van der Waals surface area (Å²) in [7, 11) is 0. The number of hydrogen-bond acceptors (Lipinski definition) is 4. The van der Waals surface area contributed by atoms with Crippen LogP contribution >= 0.6 is 0 Å². The second-order valence-corrected chi connectivity index (χ2v) is 6.40. The minimum absolute atomic E-state index is 0.595. The molecule has 1 saturated carbocycles. The molecule has 2 aliphatic rings. The van der Waals surface area contributed by atoms with Gasteiger partial charge in [0.15, 0.2) is 0 Å². The monoisotopic (exact) mass is 292 g/mol. The fraction of sp³-hybridized carbons (Fsp3) is 0.765. The van der Waals surface area contributed by atoms with E-state index in [0.717, 1.165) is 37.3 Å². The van der Waals surface area contributed by atoms with Gasteiger partial charge < -0.3 is 19.4 Å². The average molecular weight is 292 g/mol. The lowest BCUT2D eigenvalue weighted by atomic mass is 10.1. The maximum absolute atomic E-state index is 5.78. The summed E-state index contributed by atoms with van der Waals surface area (Å²) in [6, 6.07) is 2.88. The molecule has 3 rings (SSSR count). The average Bonchev–Trinajstić information content (AvgIpc) is 3.26. The van der Waals surface area contributed by atoms with Crippen LogP contribution in [0.15, 0.2) is 10.5 Å². The molecule has 1 aromatic heterocycles. The number of hydrogen-bond donors (Lipinski definition) is 1. The Hall–Kier alpha value is -0.840. The van der Waals surface area contributed by atoms with Gasteiger partial charge in [0.1, 0.15) is 18.1 Å². The summed E-state index contributed by atoms with van der Waals surface area (Å²) in [4.78, 5) is 2.50. The third-order valence-electron chi connectivity index (χ3n) is 4.48. The van der Waals surface area contributed by atoms with E-state index >= 15 is 0 Å². The molecular weight excluding hydrogens is 264 g/mol. The van der Waals surface area contributed by atoms with Gasteiger partial charge in [-0.15, -0.1) is 0 Å². The van der Waals surface area contributed by atoms with Crippen molar-refractivity contribution in [2.45, 2.75) is 58.2 Å². The number of nitrogens with one attached hydrogen (secondary N) is 1. The van der Waals surface area contributed by atoms with E-state index in [1.165, 1.54) is 50.8 Å². The first-order valence-corrected chi connectivity index (χ1v) is 8.43. The molecule has 21 heavy (non-hydrogen) atoms. The molecule has 0 atom stereocenters. The van der Waals surface area contributed by atoms with Crippen LogP contribution in [-0.4, -0.2) is 37.2 Å². The molecule has 0 amide bonds. The Morgan fingerprint density at radius 3 is 2.86 bits per heavy atom. The Bertz CT molecular complexity index is 434. The summed E-state index contributed by atoms with van der Waals surface area (Å²) in [5, 5.41) is 3.53. The van der Waals surface area contributed by atoms with E-state index in [9.17, 15) is 0 Å². The van der Waals surface area contributed by atoms with Crippen molar-refractivity contribution in [2.24, 2.45) is 0 Å².